The van der Waals surface area contributed by atoms with Crippen molar-refractivity contribution in [3.05, 3.63) is 57.7 Å². The predicted octanol–water partition coefficient (Wildman–Crippen LogP) is 4.08. The van der Waals surface area contributed by atoms with Crippen molar-refractivity contribution in [2.24, 2.45) is 0 Å². The number of amides is 1. The van der Waals surface area contributed by atoms with Gasteiger partial charge in [0.1, 0.15) is 0 Å². The summed E-state index contributed by atoms with van der Waals surface area (Å²) in [4.78, 5) is 16.4. The van der Waals surface area contributed by atoms with Crippen LogP contribution in [0.4, 0.5) is 4.39 Å². The zero-order valence-electron chi connectivity index (χ0n) is 15.0. The minimum Gasteiger partial charge on any atom is -0.493 e. The molecule has 9 heteroatoms. The first-order valence-electron chi connectivity index (χ1n) is 8.62. The normalized spacial score (nSPS) is 13.1. The number of pyridine rings is 1. The van der Waals surface area contributed by atoms with Gasteiger partial charge in [-0.1, -0.05) is 29.3 Å². The molecule has 0 aliphatic heterocycles. The van der Waals surface area contributed by atoms with Gasteiger partial charge < -0.3 is 15.5 Å². The number of halogens is 3. The molecule has 1 aromatic heterocycles. The molecular weight excluding hydrogens is 426 g/mol. The van der Waals surface area contributed by atoms with Crippen LogP contribution in [0.1, 0.15) is 24.0 Å². The molecule has 1 aromatic carbocycles. The number of aliphatic hydroxyl groups excluding tert-OH is 1. The largest absolute Gasteiger partial charge is 0.493 e. The third-order valence-electron chi connectivity index (χ3n) is 4.07. The lowest BCUT2D eigenvalue weighted by atomic mass is 9.90. The van der Waals surface area contributed by atoms with Crippen LogP contribution in [0.15, 0.2) is 36.5 Å². The smallest absolute Gasteiger partial charge is 0.262 e. The fourth-order valence-corrected chi connectivity index (χ4v) is 3.80. The Morgan fingerprint density at radius 3 is 2.75 bits per heavy atom. The molecule has 0 unspecified atom stereocenters. The second-order valence-corrected chi connectivity index (χ2v) is 8.10. The standard InChI is InChI=1S/C19H21Cl2FN2O3S/c20-14-5-4-13(16(21)11-14)12-24-18(27)19(22,6-2-9-28-10-8-25)15-3-1-7-23-17(15)26/h1,3-5,7,11,25H,2,6,8-10,12H2,(H,23,26)(H,24,27)/t19-/m0/s1. The summed E-state index contributed by atoms with van der Waals surface area (Å²) in [6.45, 7) is 0.0535. The second-order valence-electron chi connectivity index (χ2n) is 6.03. The fraction of sp³-hybridized carbons (Fsp3) is 0.368. The molecule has 5 nitrogen and oxygen atoms in total. The summed E-state index contributed by atoms with van der Waals surface area (Å²) in [5.41, 5.74) is -2.03. The van der Waals surface area contributed by atoms with Crippen LogP contribution in [0.25, 0.3) is 0 Å². The summed E-state index contributed by atoms with van der Waals surface area (Å²) in [7, 11) is 0. The average Bonchev–Trinajstić information content (AvgIpc) is 2.67. The van der Waals surface area contributed by atoms with Crippen LogP contribution in [-0.2, 0) is 17.0 Å². The van der Waals surface area contributed by atoms with Gasteiger partial charge in [-0.2, -0.15) is 11.8 Å². The van der Waals surface area contributed by atoms with E-state index < -0.39 is 17.5 Å². The number of alkyl halides is 1. The van der Waals surface area contributed by atoms with E-state index in [4.69, 9.17) is 28.3 Å². The maximum Gasteiger partial charge on any atom is 0.262 e. The second kappa shape index (κ2) is 10.9. The summed E-state index contributed by atoms with van der Waals surface area (Å²) < 4.78 is 15.8. The summed E-state index contributed by atoms with van der Waals surface area (Å²) >= 11 is 13.4. The van der Waals surface area contributed by atoms with Crippen molar-refractivity contribution in [2.75, 3.05) is 18.1 Å². The Morgan fingerprint density at radius 2 is 2.07 bits per heavy atom. The molecule has 1 heterocycles. The Labute approximate surface area is 177 Å². The third-order valence-corrected chi connectivity index (χ3v) is 5.71. The molecule has 0 saturated heterocycles. The third kappa shape index (κ3) is 5.98. The van der Waals surface area contributed by atoms with E-state index in [1.807, 2.05) is 0 Å². The Balaban J connectivity index is 2.15. The van der Waals surface area contributed by atoms with Crippen LogP contribution < -0.4 is 5.32 Å². The molecule has 2 aromatic rings. The monoisotopic (exact) mass is 446 g/mol. The number of benzene rings is 1. The molecular formula is C19H21Cl2FN2O3S. The minimum atomic E-state index is -2.45. The van der Waals surface area contributed by atoms with E-state index >= 15 is 4.39 Å². The number of aliphatic hydroxyl groups is 1. The lowest BCUT2D eigenvalue weighted by Gasteiger charge is -2.25. The van der Waals surface area contributed by atoms with Gasteiger partial charge in [-0.05, 0) is 48.4 Å². The molecule has 0 fully saturated rings. The Hall–Kier alpha value is -1.54. The van der Waals surface area contributed by atoms with Crippen molar-refractivity contribution in [2.45, 2.75) is 25.1 Å². The first kappa shape index (κ1) is 22.7. The number of nitrogens with zero attached hydrogens (tertiary/aromatic N) is 1. The van der Waals surface area contributed by atoms with Crippen molar-refractivity contribution in [1.29, 1.82) is 0 Å². The van der Waals surface area contributed by atoms with Crippen molar-refractivity contribution >= 4 is 40.9 Å². The average molecular weight is 447 g/mol. The quantitative estimate of drug-likeness (QED) is 0.478. The molecule has 0 aliphatic carbocycles. The Kier molecular flexibility index (Phi) is 8.82. The maximum absolute atomic E-state index is 15.8. The number of hydrogen-bond acceptors (Lipinski definition) is 5. The number of carbonyl (C=O) groups excluding carboxylic acids is 1. The lowest BCUT2D eigenvalue weighted by Crippen LogP contribution is -2.41. The summed E-state index contributed by atoms with van der Waals surface area (Å²) in [6.07, 6.45) is 1.57. The number of aromatic hydroxyl groups is 1. The Bertz CT molecular complexity index is 812. The van der Waals surface area contributed by atoms with Gasteiger partial charge in [0.15, 0.2) is 0 Å². The van der Waals surface area contributed by atoms with Crippen molar-refractivity contribution in [3.63, 3.8) is 0 Å². The molecule has 28 heavy (non-hydrogen) atoms. The van der Waals surface area contributed by atoms with Gasteiger partial charge in [-0.15, -0.1) is 0 Å². The molecule has 3 N–H and O–H groups in total. The van der Waals surface area contributed by atoms with Gasteiger partial charge in [0, 0.05) is 28.5 Å². The van der Waals surface area contributed by atoms with Crippen LogP contribution in [0.5, 0.6) is 5.88 Å². The van der Waals surface area contributed by atoms with Crippen molar-refractivity contribution in [1.82, 2.24) is 10.3 Å². The maximum atomic E-state index is 15.8. The SMILES string of the molecule is O=C(NCc1ccc(Cl)cc1Cl)[C@](F)(CCCSCCO)c1cccnc1O. The zero-order valence-corrected chi connectivity index (χ0v) is 17.3. The lowest BCUT2D eigenvalue weighted by molar-refractivity contribution is -0.134. The van der Waals surface area contributed by atoms with Crippen molar-refractivity contribution in [3.8, 4) is 5.88 Å². The van der Waals surface area contributed by atoms with E-state index in [1.165, 1.54) is 30.1 Å². The molecule has 0 aliphatic rings. The van der Waals surface area contributed by atoms with Crippen LogP contribution in [-0.4, -0.2) is 39.2 Å². The molecule has 0 bridgehead atoms. The summed E-state index contributed by atoms with van der Waals surface area (Å²) in [6, 6.07) is 7.63. The number of hydrogen-bond donors (Lipinski definition) is 3. The van der Waals surface area contributed by atoms with Gasteiger partial charge in [-0.25, -0.2) is 9.37 Å². The van der Waals surface area contributed by atoms with Gasteiger partial charge in [-0.3, -0.25) is 4.79 Å². The fourth-order valence-electron chi connectivity index (χ4n) is 2.64. The van der Waals surface area contributed by atoms with Gasteiger partial charge in [0.2, 0.25) is 11.5 Å². The van der Waals surface area contributed by atoms with Crippen LogP contribution >= 0.6 is 35.0 Å². The number of thioether (sulfide) groups is 1. The van der Waals surface area contributed by atoms with Crippen LogP contribution in [0, 0.1) is 0 Å². The number of carbonyl (C=O) groups is 1. The first-order valence-corrected chi connectivity index (χ1v) is 10.5. The van der Waals surface area contributed by atoms with E-state index in [-0.39, 0.29) is 25.1 Å². The zero-order chi connectivity index (χ0) is 20.6. The van der Waals surface area contributed by atoms with Gasteiger partial charge >= 0.3 is 0 Å². The van der Waals surface area contributed by atoms with Crippen LogP contribution in [0.3, 0.4) is 0 Å². The Morgan fingerprint density at radius 1 is 1.29 bits per heavy atom. The number of rotatable bonds is 10. The highest BCUT2D eigenvalue weighted by Gasteiger charge is 2.42. The number of aromatic nitrogens is 1. The van der Waals surface area contributed by atoms with Gasteiger partial charge in [0.25, 0.3) is 5.91 Å². The summed E-state index contributed by atoms with van der Waals surface area (Å²) in [5.74, 6) is -0.288. The molecule has 0 saturated carbocycles. The molecule has 2 rings (SSSR count). The molecule has 152 valence electrons. The van der Waals surface area contributed by atoms with E-state index in [0.717, 1.165) is 0 Å². The highest BCUT2D eigenvalue weighted by atomic mass is 35.5. The molecule has 0 radical (unpaired) electrons. The van der Waals surface area contributed by atoms with E-state index in [0.29, 0.717) is 33.5 Å². The van der Waals surface area contributed by atoms with Crippen molar-refractivity contribution < 1.29 is 19.4 Å². The van der Waals surface area contributed by atoms with Gasteiger partial charge in [0.05, 0.1) is 12.2 Å². The van der Waals surface area contributed by atoms with E-state index in [2.05, 4.69) is 10.3 Å². The predicted molar refractivity (Wildman–Crippen MR) is 111 cm³/mol. The minimum absolute atomic E-state index is 0.0147. The highest BCUT2D eigenvalue weighted by molar-refractivity contribution is 7.99. The van der Waals surface area contributed by atoms with E-state index in [1.54, 1.807) is 18.2 Å². The summed E-state index contributed by atoms with van der Waals surface area (Å²) in [5, 5.41) is 22.2. The van der Waals surface area contributed by atoms with Crippen LogP contribution in [0.2, 0.25) is 10.0 Å². The van der Waals surface area contributed by atoms with E-state index in [9.17, 15) is 9.90 Å². The topological polar surface area (TPSA) is 82.5 Å². The molecule has 0 spiro atoms. The molecule has 1 atom stereocenters. The highest BCUT2D eigenvalue weighted by Crippen LogP contribution is 2.36. The molecule has 1 amide bonds. The number of nitrogens with one attached hydrogen (secondary N) is 1. The first-order chi connectivity index (χ1) is 13.4.